The monoisotopic (exact) mass is 419 g/mol. The summed E-state index contributed by atoms with van der Waals surface area (Å²) >= 11 is 6.43. The molecule has 8 heteroatoms. The van der Waals surface area contributed by atoms with Crippen LogP contribution in [0.2, 0.25) is 5.02 Å². The quantitative estimate of drug-likeness (QED) is 0.410. The molecule has 1 unspecified atom stereocenters. The minimum absolute atomic E-state index is 0.00264. The number of nitrogens with two attached hydrogens (primary N) is 1. The number of hydrogen-bond donors (Lipinski definition) is 2. The van der Waals surface area contributed by atoms with E-state index in [-0.39, 0.29) is 17.8 Å². The molecule has 0 bridgehead atoms. The molecule has 0 amide bonds. The van der Waals surface area contributed by atoms with Crippen molar-refractivity contribution < 1.29 is 9.23 Å². The lowest BCUT2D eigenvalue weighted by molar-refractivity contribution is 0.0734. The van der Waals surface area contributed by atoms with E-state index >= 15 is 0 Å². The average molecular weight is 420 g/mol. The highest BCUT2D eigenvalue weighted by atomic mass is 35.5. The predicted molar refractivity (Wildman–Crippen MR) is 114 cm³/mol. The highest BCUT2D eigenvalue weighted by Gasteiger charge is 2.24. The molecule has 1 atom stereocenters. The van der Waals surface area contributed by atoms with E-state index in [1.54, 1.807) is 6.07 Å². The molecule has 0 radical (unpaired) electrons. The van der Waals surface area contributed by atoms with Gasteiger partial charge in [-0.2, -0.15) is 0 Å². The maximum atomic E-state index is 14.9. The van der Waals surface area contributed by atoms with Crippen molar-refractivity contribution in [3.8, 4) is 0 Å². The number of fused-ring (bicyclic) bond motifs is 1. The summed E-state index contributed by atoms with van der Waals surface area (Å²) in [5, 5.41) is 7.49. The molecule has 2 aromatic rings. The van der Waals surface area contributed by atoms with Gasteiger partial charge in [-0.3, -0.25) is 0 Å². The third kappa shape index (κ3) is 4.21. The van der Waals surface area contributed by atoms with E-state index in [1.165, 1.54) is 11.8 Å². The van der Waals surface area contributed by atoms with Gasteiger partial charge >= 0.3 is 0 Å². The van der Waals surface area contributed by atoms with Crippen LogP contribution in [-0.4, -0.2) is 36.1 Å². The molecule has 3 heterocycles. The first-order valence-electron chi connectivity index (χ1n) is 10.2. The molecule has 2 aliphatic heterocycles. The molecule has 0 saturated carbocycles. The molecule has 1 saturated heterocycles. The van der Waals surface area contributed by atoms with Gasteiger partial charge in [0.05, 0.1) is 0 Å². The van der Waals surface area contributed by atoms with Crippen molar-refractivity contribution in [1.29, 1.82) is 0 Å². The van der Waals surface area contributed by atoms with Crippen LogP contribution in [0.5, 0.6) is 0 Å². The third-order valence-electron chi connectivity index (χ3n) is 5.57. The SMILES string of the molecule is CCCc1ccc2n1CCN2Cc1c(F)cc(C(N)=NOC2CCNC2)cc1Cl. The summed E-state index contributed by atoms with van der Waals surface area (Å²) in [7, 11) is 0. The van der Waals surface area contributed by atoms with Crippen molar-refractivity contribution in [2.75, 3.05) is 24.5 Å². The molecule has 1 aromatic heterocycles. The molecule has 29 heavy (non-hydrogen) atoms. The van der Waals surface area contributed by atoms with E-state index < -0.39 is 0 Å². The summed E-state index contributed by atoms with van der Waals surface area (Å²) in [5.74, 6) is 0.864. The first-order valence-corrected chi connectivity index (χ1v) is 10.6. The fourth-order valence-electron chi connectivity index (χ4n) is 4.00. The van der Waals surface area contributed by atoms with Crippen molar-refractivity contribution in [3.63, 3.8) is 0 Å². The molecular formula is C21H27ClFN5O. The molecule has 2 aliphatic rings. The molecule has 156 valence electrons. The van der Waals surface area contributed by atoms with Gasteiger partial charge in [-0.1, -0.05) is 30.1 Å². The van der Waals surface area contributed by atoms with Crippen molar-refractivity contribution in [3.05, 3.63) is 51.9 Å². The average Bonchev–Trinajstić information content (AvgIpc) is 3.43. The zero-order chi connectivity index (χ0) is 20.4. The number of nitrogens with zero attached hydrogens (tertiary/aromatic N) is 3. The Morgan fingerprint density at radius 3 is 2.97 bits per heavy atom. The Balaban J connectivity index is 1.49. The Morgan fingerprint density at radius 1 is 1.38 bits per heavy atom. The van der Waals surface area contributed by atoms with Crippen LogP contribution < -0.4 is 16.0 Å². The number of hydrogen-bond acceptors (Lipinski definition) is 4. The van der Waals surface area contributed by atoms with Crippen LogP contribution in [-0.2, 0) is 24.3 Å². The molecular weight excluding hydrogens is 393 g/mol. The second-order valence-electron chi connectivity index (χ2n) is 7.62. The minimum Gasteiger partial charge on any atom is -0.389 e. The molecule has 1 fully saturated rings. The van der Waals surface area contributed by atoms with Gasteiger partial charge in [-0.25, -0.2) is 4.39 Å². The zero-order valence-corrected chi connectivity index (χ0v) is 17.4. The second kappa shape index (κ2) is 8.63. The van der Waals surface area contributed by atoms with Crippen LogP contribution in [0.1, 0.15) is 36.6 Å². The zero-order valence-electron chi connectivity index (χ0n) is 16.6. The van der Waals surface area contributed by atoms with Gasteiger partial charge in [0.25, 0.3) is 0 Å². The number of rotatable bonds is 7. The number of oxime groups is 1. The molecule has 1 aromatic carbocycles. The second-order valence-corrected chi connectivity index (χ2v) is 8.03. The first-order chi connectivity index (χ1) is 14.1. The normalized spacial score (nSPS) is 19.1. The minimum atomic E-state index is -0.382. The van der Waals surface area contributed by atoms with Gasteiger partial charge in [-0.15, -0.1) is 0 Å². The van der Waals surface area contributed by atoms with Crippen LogP contribution in [0.25, 0.3) is 0 Å². The Bertz CT molecular complexity index is 883. The Kier molecular flexibility index (Phi) is 5.96. The molecule has 0 aliphatic carbocycles. The Morgan fingerprint density at radius 2 is 2.24 bits per heavy atom. The van der Waals surface area contributed by atoms with E-state index in [1.807, 2.05) is 0 Å². The maximum absolute atomic E-state index is 14.9. The van der Waals surface area contributed by atoms with Gasteiger partial charge < -0.3 is 25.4 Å². The number of aryl methyl sites for hydroxylation is 1. The van der Waals surface area contributed by atoms with Crippen LogP contribution >= 0.6 is 11.6 Å². The fourth-order valence-corrected chi connectivity index (χ4v) is 4.26. The number of amidine groups is 1. The third-order valence-corrected chi connectivity index (χ3v) is 5.91. The molecule has 6 nitrogen and oxygen atoms in total. The van der Waals surface area contributed by atoms with Crippen LogP contribution in [0.4, 0.5) is 10.2 Å². The van der Waals surface area contributed by atoms with E-state index in [2.05, 4.69) is 39.0 Å². The smallest absolute Gasteiger partial charge is 0.170 e. The van der Waals surface area contributed by atoms with E-state index in [0.29, 0.717) is 22.7 Å². The topological polar surface area (TPSA) is 67.8 Å². The van der Waals surface area contributed by atoms with Gasteiger partial charge in [0.1, 0.15) is 17.7 Å². The number of aromatic nitrogens is 1. The van der Waals surface area contributed by atoms with E-state index in [9.17, 15) is 4.39 Å². The largest absolute Gasteiger partial charge is 0.389 e. The van der Waals surface area contributed by atoms with Gasteiger partial charge in [-0.05, 0) is 37.2 Å². The highest BCUT2D eigenvalue weighted by molar-refractivity contribution is 6.31. The Labute approximate surface area is 175 Å². The molecule has 4 rings (SSSR count). The summed E-state index contributed by atoms with van der Waals surface area (Å²) < 4.78 is 17.2. The van der Waals surface area contributed by atoms with E-state index in [0.717, 1.165) is 51.3 Å². The highest BCUT2D eigenvalue weighted by Crippen LogP contribution is 2.30. The van der Waals surface area contributed by atoms with E-state index in [4.69, 9.17) is 22.2 Å². The fraction of sp³-hybridized carbons (Fsp3) is 0.476. The number of nitrogens with one attached hydrogen (secondary N) is 1. The summed E-state index contributed by atoms with van der Waals surface area (Å²) in [6.45, 7) is 5.99. The van der Waals surface area contributed by atoms with Crippen molar-refractivity contribution >= 4 is 23.3 Å². The van der Waals surface area contributed by atoms with Gasteiger partial charge in [0.2, 0.25) is 0 Å². The summed E-state index contributed by atoms with van der Waals surface area (Å²) in [5.41, 5.74) is 8.21. The van der Waals surface area contributed by atoms with Crippen molar-refractivity contribution in [2.45, 2.75) is 45.4 Å². The number of halogens is 2. The van der Waals surface area contributed by atoms with Gasteiger partial charge in [0, 0.05) is 54.4 Å². The van der Waals surface area contributed by atoms with Gasteiger partial charge in [0.15, 0.2) is 5.84 Å². The molecule has 0 spiro atoms. The van der Waals surface area contributed by atoms with Crippen LogP contribution in [0.15, 0.2) is 29.4 Å². The summed E-state index contributed by atoms with van der Waals surface area (Å²) in [6.07, 6.45) is 3.03. The summed E-state index contributed by atoms with van der Waals surface area (Å²) in [4.78, 5) is 7.59. The lowest BCUT2D eigenvalue weighted by Crippen LogP contribution is -2.22. The number of benzene rings is 1. The predicted octanol–water partition coefficient (Wildman–Crippen LogP) is 3.25. The lowest BCUT2D eigenvalue weighted by atomic mass is 10.1. The van der Waals surface area contributed by atoms with Crippen molar-refractivity contribution in [2.24, 2.45) is 10.9 Å². The maximum Gasteiger partial charge on any atom is 0.170 e. The summed E-state index contributed by atoms with van der Waals surface area (Å²) in [6, 6.07) is 7.31. The number of anilines is 1. The lowest BCUT2D eigenvalue weighted by Gasteiger charge is -2.19. The van der Waals surface area contributed by atoms with Crippen LogP contribution in [0, 0.1) is 5.82 Å². The first kappa shape index (κ1) is 20.0. The van der Waals surface area contributed by atoms with Crippen molar-refractivity contribution in [1.82, 2.24) is 9.88 Å². The standard InChI is InChI=1S/C21H27ClFN5O/c1-2-3-15-4-5-20-27(8-9-28(15)20)13-17-18(22)10-14(11-19(17)23)21(24)26-29-16-6-7-25-12-16/h4-5,10-11,16,25H,2-3,6-9,12-13H2,1H3,(H2,24,26). The van der Waals surface area contributed by atoms with Crippen LogP contribution in [0.3, 0.4) is 0 Å². The Hall–Kier alpha value is -2.25. The molecule has 3 N–H and O–H groups in total.